The Morgan fingerprint density at radius 2 is 1.71 bits per heavy atom. The lowest BCUT2D eigenvalue weighted by Crippen LogP contribution is -1.91. The Labute approximate surface area is 86.0 Å². The first-order valence-corrected chi connectivity index (χ1v) is 5.32. The second kappa shape index (κ2) is 4.28. The lowest BCUT2D eigenvalue weighted by molar-refractivity contribution is 1.06. The predicted octanol–water partition coefficient (Wildman–Crippen LogP) is 3.90. The molecule has 0 saturated carbocycles. The van der Waals surface area contributed by atoms with E-state index in [1.807, 2.05) is 0 Å². The molecule has 0 spiro atoms. The van der Waals surface area contributed by atoms with Gasteiger partial charge in [-0.25, -0.2) is 0 Å². The van der Waals surface area contributed by atoms with E-state index < -0.39 is 0 Å². The van der Waals surface area contributed by atoms with Gasteiger partial charge < -0.3 is 0 Å². The molecule has 14 heavy (non-hydrogen) atoms. The predicted molar refractivity (Wildman–Crippen MR) is 61.2 cm³/mol. The fraction of sp³-hybridized carbons (Fsp3) is 0.286. The highest BCUT2D eigenvalue weighted by atomic mass is 14.1. The van der Waals surface area contributed by atoms with Crippen molar-refractivity contribution in [3.05, 3.63) is 59.2 Å². The summed E-state index contributed by atoms with van der Waals surface area (Å²) in [6.45, 7) is 2.23. The number of benzene rings is 1. The highest BCUT2D eigenvalue weighted by molar-refractivity contribution is 5.40. The van der Waals surface area contributed by atoms with Crippen LogP contribution in [0.15, 0.2) is 53.6 Å². The summed E-state index contributed by atoms with van der Waals surface area (Å²) < 4.78 is 0. The van der Waals surface area contributed by atoms with Crippen molar-refractivity contribution < 1.29 is 0 Å². The van der Waals surface area contributed by atoms with Crippen LogP contribution in [-0.2, 0) is 6.42 Å². The molecule has 0 N–H and O–H groups in total. The van der Waals surface area contributed by atoms with E-state index in [0.717, 1.165) is 12.8 Å². The summed E-state index contributed by atoms with van der Waals surface area (Å²) in [6.07, 6.45) is 8.09. The van der Waals surface area contributed by atoms with Crippen LogP contribution in [0.2, 0.25) is 0 Å². The Kier molecular flexibility index (Phi) is 2.83. The normalized spacial score (nSPS) is 15.2. The average Bonchev–Trinajstić information content (AvgIpc) is 2.67. The topological polar surface area (TPSA) is 0 Å². The van der Waals surface area contributed by atoms with E-state index in [2.05, 4.69) is 49.4 Å². The van der Waals surface area contributed by atoms with Crippen LogP contribution >= 0.6 is 0 Å². The van der Waals surface area contributed by atoms with Crippen LogP contribution < -0.4 is 0 Å². The number of hydrogen-bond acceptors (Lipinski definition) is 0. The Morgan fingerprint density at radius 3 is 2.43 bits per heavy atom. The zero-order valence-electron chi connectivity index (χ0n) is 8.66. The van der Waals surface area contributed by atoms with Gasteiger partial charge in [-0.3, -0.25) is 0 Å². The summed E-state index contributed by atoms with van der Waals surface area (Å²) in [5.74, 6) is 0. The fourth-order valence-electron chi connectivity index (χ4n) is 1.98. The molecule has 0 amide bonds. The molecule has 0 heterocycles. The van der Waals surface area contributed by atoms with E-state index in [1.54, 1.807) is 0 Å². The van der Waals surface area contributed by atoms with Crippen molar-refractivity contribution in [3.63, 3.8) is 0 Å². The van der Waals surface area contributed by atoms with Crippen molar-refractivity contribution in [2.75, 3.05) is 0 Å². The summed E-state index contributed by atoms with van der Waals surface area (Å²) in [5, 5.41) is 0. The molecule has 0 nitrogen and oxygen atoms in total. The minimum absolute atomic E-state index is 1.10. The molecule has 1 aliphatic carbocycles. The summed E-state index contributed by atoms with van der Waals surface area (Å²) in [6, 6.07) is 10.7. The Bertz CT molecular complexity index is 355. The van der Waals surface area contributed by atoms with Crippen LogP contribution in [-0.4, -0.2) is 0 Å². The van der Waals surface area contributed by atoms with Crippen molar-refractivity contribution in [3.8, 4) is 0 Å². The summed E-state index contributed by atoms with van der Waals surface area (Å²) in [4.78, 5) is 0. The Balaban J connectivity index is 2.09. The molecule has 0 atom stereocenters. The van der Waals surface area contributed by atoms with E-state index in [4.69, 9.17) is 0 Å². The molecule has 0 aromatic heterocycles. The third-order valence-corrected chi connectivity index (χ3v) is 2.76. The quantitative estimate of drug-likeness (QED) is 0.668. The van der Waals surface area contributed by atoms with Gasteiger partial charge in [0.15, 0.2) is 0 Å². The van der Waals surface area contributed by atoms with E-state index in [1.165, 1.54) is 23.1 Å². The standard InChI is InChI=1S/C14H16/c1-2-13-9-6-10-14(13)11-12-7-4-3-5-8-12/h3-5,7-10H,2,6,11H2,1H3. The summed E-state index contributed by atoms with van der Waals surface area (Å²) >= 11 is 0. The first kappa shape index (κ1) is 9.26. The maximum Gasteiger partial charge on any atom is -0.00262 e. The number of rotatable bonds is 3. The van der Waals surface area contributed by atoms with Crippen LogP contribution in [0.5, 0.6) is 0 Å². The van der Waals surface area contributed by atoms with E-state index >= 15 is 0 Å². The molecule has 1 aliphatic rings. The summed E-state index contributed by atoms with van der Waals surface area (Å²) in [7, 11) is 0. The first-order valence-electron chi connectivity index (χ1n) is 5.32. The first-order chi connectivity index (χ1) is 6.90. The van der Waals surface area contributed by atoms with Gasteiger partial charge in [0.1, 0.15) is 0 Å². The molecule has 0 radical (unpaired) electrons. The average molecular weight is 184 g/mol. The van der Waals surface area contributed by atoms with Crippen molar-refractivity contribution in [1.82, 2.24) is 0 Å². The van der Waals surface area contributed by atoms with Crippen LogP contribution in [0.4, 0.5) is 0 Å². The van der Waals surface area contributed by atoms with Crippen molar-refractivity contribution in [1.29, 1.82) is 0 Å². The molecular formula is C14H16. The maximum atomic E-state index is 2.35. The van der Waals surface area contributed by atoms with Gasteiger partial charge in [0.25, 0.3) is 0 Å². The molecule has 1 aromatic rings. The van der Waals surface area contributed by atoms with Gasteiger partial charge in [-0.05, 0) is 36.0 Å². The zero-order chi connectivity index (χ0) is 9.80. The van der Waals surface area contributed by atoms with Crippen LogP contribution in [0.25, 0.3) is 0 Å². The fourth-order valence-corrected chi connectivity index (χ4v) is 1.98. The van der Waals surface area contributed by atoms with Crippen molar-refractivity contribution in [2.24, 2.45) is 0 Å². The third-order valence-electron chi connectivity index (χ3n) is 2.76. The second-order valence-electron chi connectivity index (χ2n) is 3.71. The summed E-state index contributed by atoms with van der Waals surface area (Å²) in [5.41, 5.74) is 4.48. The molecule has 0 saturated heterocycles. The Hall–Kier alpha value is -1.30. The highest BCUT2D eigenvalue weighted by Gasteiger charge is 2.07. The van der Waals surface area contributed by atoms with E-state index in [9.17, 15) is 0 Å². The molecule has 0 bridgehead atoms. The molecule has 0 aliphatic heterocycles. The van der Waals surface area contributed by atoms with Gasteiger partial charge >= 0.3 is 0 Å². The molecule has 0 heteroatoms. The van der Waals surface area contributed by atoms with Crippen molar-refractivity contribution in [2.45, 2.75) is 26.2 Å². The lowest BCUT2D eigenvalue weighted by atomic mass is 9.99. The molecule has 72 valence electrons. The molecular weight excluding hydrogens is 168 g/mol. The molecule has 1 aromatic carbocycles. The minimum Gasteiger partial charge on any atom is -0.0772 e. The van der Waals surface area contributed by atoms with Gasteiger partial charge in [0, 0.05) is 0 Å². The maximum absolute atomic E-state index is 2.35. The van der Waals surface area contributed by atoms with Gasteiger partial charge in [-0.2, -0.15) is 0 Å². The smallest absolute Gasteiger partial charge is 0.00262 e. The number of allylic oxidation sites excluding steroid dienone is 4. The SMILES string of the molecule is CCC1=CCC=C1Cc1ccccc1. The third kappa shape index (κ3) is 1.95. The largest absolute Gasteiger partial charge is 0.0772 e. The second-order valence-corrected chi connectivity index (χ2v) is 3.71. The minimum atomic E-state index is 1.10. The van der Waals surface area contributed by atoms with Crippen LogP contribution in [0.3, 0.4) is 0 Å². The van der Waals surface area contributed by atoms with Crippen LogP contribution in [0, 0.1) is 0 Å². The van der Waals surface area contributed by atoms with Gasteiger partial charge in [-0.1, -0.05) is 49.4 Å². The van der Waals surface area contributed by atoms with E-state index in [-0.39, 0.29) is 0 Å². The monoisotopic (exact) mass is 184 g/mol. The van der Waals surface area contributed by atoms with E-state index in [0.29, 0.717) is 0 Å². The highest BCUT2D eigenvalue weighted by Crippen LogP contribution is 2.25. The van der Waals surface area contributed by atoms with Gasteiger partial charge in [-0.15, -0.1) is 0 Å². The zero-order valence-corrected chi connectivity index (χ0v) is 8.66. The Morgan fingerprint density at radius 1 is 1.00 bits per heavy atom. The van der Waals surface area contributed by atoms with Crippen LogP contribution in [0.1, 0.15) is 25.3 Å². The lowest BCUT2D eigenvalue weighted by Gasteiger charge is -2.06. The molecule has 2 rings (SSSR count). The molecule has 0 fully saturated rings. The van der Waals surface area contributed by atoms with Crippen molar-refractivity contribution >= 4 is 0 Å². The van der Waals surface area contributed by atoms with Gasteiger partial charge in [0.05, 0.1) is 0 Å². The number of hydrogen-bond donors (Lipinski definition) is 0. The van der Waals surface area contributed by atoms with Gasteiger partial charge in [0.2, 0.25) is 0 Å². The molecule has 0 unspecified atom stereocenters.